The summed E-state index contributed by atoms with van der Waals surface area (Å²) in [5.74, 6) is 1.33. The average Bonchev–Trinajstić information content (AvgIpc) is 3.15. The number of amides is 2. The maximum Gasteiger partial charge on any atom is 0.254 e. The standard InChI is InChI=1S/C25H33ClN4O4/c1-25(2,3)19-14-27-20(34-19)15-29-10-5-11-30(13-12-29)24(32)23-22(28(4)21(31)16-33-23)17-6-8-18(26)9-7-17/h6-9,14,22-23H,5,10-13,15-16H2,1-4H3. The van der Waals surface area contributed by atoms with Crippen molar-refractivity contribution in [3.05, 3.63) is 52.7 Å². The molecule has 2 aliphatic heterocycles. The number of rotatable bonds is 4. The van der Waals surface area contributed by atoms with Crippen molar-refractivity contribution in [2.45, 2.75) is 51.3 Å². The minimum absolute atomic E-state index is 0.0809. The van der Waals surface area contributed by atoms with Gasteiger partial charge in [-0.2, -0.15) is 0 Å². The van der Waals surface area contributed by atoms with Crippen LogP contribution in [-0.4, -0.2) is 77.4 Å². The molecule has 0 aliphatic carbocycles. The largest absolute Gasteiger partial charge is 0.444 e. The van der Waals surface area contributed by atoms with E-state index >= 15 is 0 Å². The fourth-order valence-electron chi connectivity index (χ4n) is 4.43. The van der Waals surface area contributed by atoms with Gasteiger partial charge < -0.3 is 19.0 Å². The van der Waals surface area contributed by atoms with Gasteiger partial charge in [0.15, 0.2) is 6.10 Å². The van der Waals surface area contributed by atoms with Crippen LogP contribution in [0.4, 0.5) is 0 Å². The summed E-state index contributed by atoms with van der Waals surface area (Å²) in [5, 5.41) is 0.602. The van der Waals surface area contributed by atoms with Crippen LogP contribution in [0.15, 0.2) is 34.9 Å². The molecule has 0 saturated carbocycles. The summed E-state index contributed by atoms with van der Waals surface area (Å²) in [6, 6.07) is 6.73. The summed E-state index contributed by atoms with van der Waals surface area (Å²) < 4.78 is 11.8. The molecule has 4 rings (SSSR count). The van der Waals surface area contributed by atoms with E-state index in [0.717, 1.165) is 24.3 Å². The van der Waals surface area contributed by atoms with Crippen LogP contribution < -0.4 is 0 Å². The summed E-state index contributed by atoms with van der Waals surface area (Å²) >= 11 is 6.05. The molecule has 2 aliphatic rings. The highest BCUT2D eigenvalue weighted by atomic mass is 35.5. The number of ether oxygens (including phenoxy) is 1. The molecule has 34 heavy (non-hydrogen) atoms. The lowest BCUT2D eigenvalue weighted by Crippen LogP contribution is -2.54. The quantitative estimate of drug-likeness (QED) is 0.657. The van der Waals surface area contributed by atoms with Gasteiger partial charge in [-0.05, 0) is 24.1 Å². The maximum absolute atomic E-state index is 13.6. The van der Waals surface area contributed by atoms with Crippen molar-refractivity contribution in [3.8, 4) is 0 Å². The molecule has 8 nitrogen and oxygen atoms in total. The Morgan fingerprint density at radius 3 is 2.56 bits per heavy atom. The highest BCUT2D eigenvalue weighted by Gasteiger charge is 2.42. The Balaban J connectivity index is 1.43. The summed E-state index contributed by atoms with van der Waals surface area (Å²) in [6.07, 6.45) is 1.89. The number of aromatic nitrogens is 1. The molecule has 0 radical (unpaired) electrons. The van der Waals surface area contributed by atoms with Gasteiger partial charge in [-0.15, -0.1) is 0 Å². The lowest BCUT2D eigenvalue weighted by molar-refractivity contribution is -0.167. The van der Waals surface area contributed by atoms with Crippen molar-refractivity contribution in [2.75, 3.05) is 39.8 Å². The lowest BCUT2D eigenvalue weighted by Gasteiger charge is -2.40. The molecule has 2 aromatic rings. The van der Waals surface area contributed by atoms with Gasteiger partial charge in [-0.1, -0.05) is 44.5 Å². The number of nitrogens with zero attached hydrogens (tertiary/aromatic N) is 4. The van der Waals surface area contributed by atoms with Gasteiger partial charge >= 0.3 is 0 Å². The zero-order valence-electron chi connectivity index (χ0n) is 20.3. The van der Waals surface area contributed by atoms with Crippen molar-refractivity contribution in [1.82, 2.24) is 19.7 Å². The summed E-state index contributed by atoms with van der Waals surface area (Å²) in [4.78, 5) is 36.1. The Morgan fingerprint density at radius 1 is 1.15 bits per heavy atom. The van der Waals surface area contributed by atoms with E-state index in [4.69, 9.17) is 20.8 Å². The van der Waals surface area contributed by atoms with Gasteiger partial charge in [-0.3, -0.25) is 14.5 Å². The van der Waals surface area contributed by atoms with E-state index in [1.54, 1.807) is 30.3 Å². The van der Waals surface area contributed by atoms with E-state index in [0.29, 0.717) is 37.1 Å². The van der Waals surface area contributed by atoms with Crippen LogP contribution in [0.1, 0.15) is 50.4 Å². The first-order valence-corrected chi connectivity index (χ1v) is 12.1. The third-order valence-electron chi connectivity index (χ3n) is 6.49. The Kier molecular flexibility index (Phi) is 7.31. The van der Waals surface area contributed by atoms with Gasteiger partial charge in [0.25, 0.3) is 5.91 Å². The van der Waals surface area contributed by atoms with Crippen LogP contribution in [0.3, 0.4) is 0 Å². The van der Waals surface area contributed by atoms with Crippen molar-refractivity contribution in [1.29, 1.82) is 0 Å². The number of hydrogen-bond donors (Lipinski definition) is 0. The number of benzene rings is 1. The molecule has 2 unspecified atom stereocenters. The minimum atomic E-state index is -0.753. The molecule has 2 atom stereocenters. The number of likely N-dealkylation sites (N-methyl/N-ethyl adjacent to an activating group) is 1. The van der Waals surface area contributed by atoms with Gasteiger partial charge in [0.2, 0.25) is 11.8 Å². The van der Waals surface area contributed by atoms with Gasteiger partial charge in [0.1, 0.15) is 12.4 Å². The van der Waals surface area contributed by atoms with Crippen molar-refractivity contribution < 1.29 is 18.7 Å². The predicted molar refractivity (Wildman–Crippen MR) is 128 cm³/mol. The van der Waals surface area contributed by atoms with Crippen LogP contribution in [0.2, 0.25) is 5.02 Å². The topological polar surface area (TPSA) is 79.1 Å². The van der Waals surface area contributed by atoms with Crippen LogP contribution in [0, 0.1) is 0 Å². The molecular weight excluding hydrogens is 456 g/mol. The smallest absolute Gasteiger partial charge is 0.254 e. The molecule has 0 bridgehead atoms. The molecule has 1 aromatic carbocycles. The number of morpholine rings is 1. The number of oxazole rings is 1. The summed E-state index contributed by atoms with van der Waals surface area (Å²) in [6.45, 7) is 9.59. The minimum Gasteiger partial charge on any atom is -0.444 e. The molecule has 2 fully saturated rings. The number of carbonyl (C=O) groups is 2. The second kappa shape index (κ2) is 10.1. The second-order valence-corrected chi connectivity index (χ2v) is 10.5. The number of carbonyl (C=O) groups excluding carboxylic acids is 2. The summed E-state index contributed by atoms with van der Waals surface area (Å²) in [5.41, 5.74) is 0.746. The maximum atomic E-state index is 13.6. The number of hydrogen-bond acceptors (Lipinski definition) is 6. The zero-order valence-corrected chi connectivity index (χ0v) is 21.0. The van der Waals surface area contributed by atoms with Crippen molar-refractivity contribution in [3.63, 3.8) is 0 Å². The fraction of sp³-hybridized carbons (Fsp3) is 0.560. The third kappa shape index (κ3) is 5.45. The van der Waals surface area contributed by atoms with E-state index in [1.165, 1.54) is 0 Å². The molecule has 2 saturated heterocycles. The fourth-order valence-corrected chi connectivity index (χ4v) is 4.55. The molecule has 184 valence electrons. The highest BCUT2D eigenvalue weighted by Crippen LogP contribution is 2.31. The van der Waals surface area contributed by atoms with Crippen LogP contribution >= 0.6 is 11.6 Å². The highest BCUT2D eigenvalue weighted by molar-refractivity contribution is 6.30. The average molecular weight is 489 g/mol. The Morgan fingerprint density at radius 2 is 1.88 bits per heavy atom. The molecule has 1 aromatic heterocycles. The second-order valence-electron chi connectivity index (χ2n) is 10.1. The third-order valence-corrected chi connectivity index (χ3v) is 6.74. The van der Waals surface area contributed by atoms with Gasteiger partial charge in [-0.25, -0.2) is 4.98 Å². The SMILES string of the molecule is CN1C(=O)COC(C(=O)N2CCCN(Cc3ncc(C(C)(C)C)o3)CC2)C1c1ccc(Cl)cc1. The van der Waals surface area contributed by atoms with Gasteiger partial charge in [0, 0.05) is 43.7 Å². The monoisotopic (exact) mass is 488 g/mol. The first-order chi connectivity index (χ1) is 16.1. The van der Waals surface area contributed by atoms with Crippen LogP contribution in [0.5, 0.6) is 0 Å². The van der Waals surface area contributed by atoms with E-state index in [9.17, 15) is 9.59 Å². The summed E-state index contributed by atoms with van der Waals surface area (Å²) in [7, 11) is 1.72. The first kappa shape index (κ1) is 24.7. The molecule has 9 heteroatoms. The molecule has 0 spiro atoms. The molecular formula is C25H33ClN4O4. The zero-order chi connectivity index (χ0) is 24.5. The molecule has 0 N–H and O–H groups in total. The molecule has 2 amide bonds. The lowest BCUT2D eigenvalue weighted by atomic mass is 9.94. The predicted octanol–water partition coefficient (Wildman–Crippen LogP) is 3.26. The van der Waals surface area contributed by atoms with Gasteiger partial charge in [0.05, 0.1) is 18.8 Å². The van der Waals surface area contributed by atoms with E-state index in [2.05, 4.69) is 30.7 Å². The first-order valence-electron chi connectivity index (χ1n) is 11.7. The normalized spacial score (nSPS) is 22.7. The van der Waals surface area contributed by atoms with Crippen molar-refractivity contribution >= 4 is 23.4 Å². The Labute approximate surface area is 205 Å². The van der Waals surface area contributed by atoms with Crippen molar-refractivity contribution in [2.24, 2.45) is 0 Å². The van der Waals surface area contributed by atoms with E-state index in [-0.39, 0.29) is 23.8 Å². The van der Waals surface area contributed by atoms with E-state index in [1.807, 2.05) is 17.0 Å². The molecule has 3 heterocycles. The van der Waals surface area contributed by atoms with Crippen LogP contribution in [-0.2, 0) is 26.3 Å². The van der Waals surface area contributed by atoms with E-state index < -0.39 is 12.1 Å². The van der Waals surface area contributed by atoms with Crippen LogP contribution in [0.25, 0.3) is 0 Å². The Bertz CT molecular complexity index is 1020. The number of halogens is 1. The Hall–Kier alpha value is -2.42.